The summed E-state index contributed by atoms with van der Waals surface area (Å²) in [6.07, 6.45) is 2.06. The molecule has 3 N–H and O–H groups in total. The van der Waals surface area contributed by atoms with E-state index in [9.17, 15) is 9.59 Å². The summed E-state index contributed by atoms with van der Waals surface area (Å²) in [6, 6.07) is 7.17. The minimum atomic E-state index is -0.941. The molecule has 0 radical (unpaired) electrons. The number of aryl methyl sites for hydroxylation is 1. The minimum Gasteiger partial charge on any atom is -0.478 e. The number of carbonyl (C=O) groups is 2. The van der Waals surface area contributed by atoms with Crippen LogP contribution in [-0.4, -0.2) is 23.7 Å². The van der Waals surface area contributed by atoms with Crippen LogP contribution in [0.2, 0.25) is 0 Å². The van der Waals surface area contributed by atoms with Crippen molar-refractivity contribution in [3.05, 3.63) is 41.5 Å². The summed E-state index contributed by atoms with van der Waals surface area (Å²) in [5, 5.41) is 14.0. The number of hydrogen-bond donors (Lipinski definition) is 3. The Morgan fingerprint density at radius 3 is 2.47 bits per heavy atom. The van der Waals surface area contributed by atoms with Crippen LogP contribution in [0.15, 0.2) is 35.9 Å². The lowest BCUT2D eigenvalue weighted by Gasteiger charge is -2.06. The van der Waals surface area contributed by atoms with Crippen molar-refractivity contribution in [1.82, 2.24) is 5.32 Å². The molecule has 0 spiro atoms. The first-order valence-electron chi connectivity index (χ1n) is 6.00. The zero-order valence-corrected chi connectivity index (χ0v) is 11.1. The molecular formula is C14H18N2O3. The smallest absolute Gasteiger partial charge is 0.330 e. The molecule has 0 unspecified atom stereocenters. The van der Waals surface area contributed by atoms with Gasteiger partial charge in [0.05, 0.1) is 0 Å². The predicted octanol–water partition coefficient (Wildman–Crippen LogP) is 2.54. The quantitative estimate of drug-likeness (QED) is 0.563. The Balaban J connectivity index is 2.31. The van der Waals surface area contributed by atoms with E-state index in [-0.39, 0.29) is 11.6 Å². The van der Waals surface area contributed by atoms with Crippen molar-refractivity contribution < 1.29 is 14.7 Å². The molecule has 0 aromatic heterocycles. The molecule has 0 aliphatic rings. The lowest BCUT2D eigenvalue weighted by molar-refractivity contribution is -0.132. The number of benzene rings is 1. The van der Waals surface area contributed by atoms with Crippen molar-refractivity contribution >= 4 is 17.7 Å². The number of hydrogen-bond acceptors (Lipinski definition) is 2. The van der Waals surface area contributed by atoms with E-state index in [0.717, 1.165) is 11.3 Å². The van der Waals surface area contributed by atoms with Gasteiger partial charge in [-0.05, 0) is 32.4 Å². The molecule has 0 aliphatic heterocycles. The van der Waals surface area contributed by atoms with Gasteiger partial charge in [-0.25, -0.2) is 9.59 Å². The van der Waals surface area contributed by atoms with Crippen LogP contribution < -0.4 is 10.6 Å². The van der Waals surface area contributed by atoms with E-state index in [0.29, 0.717) is 13.0 Å². The van der Waals surface area contributed by atoms with Crippen molar-refractivity contribution in [3.8, 4) is 0 Å². The Bertz CT molecular complexity index is 478. The lowest BCUT2D eigenvalue weighted by atomic mass is 10.2. The van der Waals surface area contributed by atoms with Gasteiger partial charge < -0.3 is 15.7 Å². The molecule has 0 bridgehead atoms. The van der Waals surface area contributed by atoms with Gasteiger partial charge in [-0.1, -0.05) is 23.8 Å². The van der Waals surface area contributed by atoms with Crippen LogP contribution in [0.25, 0.3) is 0 Å². The van der Waals surface area contributed by atoms with Crippen LogP contribution in [0.5, 0.6) is 0 Å². The van der Waals surface area contributed by atoms with Gasteiger partial charge in [0.1, 0.15) is 0 Å². The lowest BCUT2D eigenvalue weighted by Crippen LogP contribution is -2.29. The van der Waals surface area contributed by atoms with Crippen LogP contribution in [0.3, 0.4) is 0 Å². The van der Waals surface area contributed by atoms with E-state index in [4.69, 9.17) is 5.11 Å². The highest BCUT2D eigenvalue weighted by atomic mass is 16.4. The van der Waals surface area contributed by atoms with Gasteiger partial charge in [0.2, 0.25) is 0 Å². The first-order chi connectivity index (χ1) is 8.99. The molecule has 19 heavy (non-hydrogen) atoms. The fourth-order valence-electron chi connectivity index (χ4n) is 1.37. The summed E-state index contributed by atoms with van der Waals surface area (Å²) in [5.41, 5.74) is 2.13. The van der Waals surface area contributed by atoms with E-state index in [1.807, 2.05) is 31.2 Å². The number of rotatable bonds is 5. The van der Waals surface area contributed by atoms with Crippen molar-refractivity contribution in [1.29, 1.82) is 0 Å². The topological polar surface area (TPSA) is 78.4 Å². The minimum absolute atomic E-state index is 0.278. The highest BCUT2D eigenvalue weighted by Gasteiger charge is 2.01. The summed E-state index contributed by atoms with van der Waals surface area (Å²) < 4.78 is 0. The average molecular weight is 262 g/mol. The van der Waals surface area contributed by atoms with Crippen molar-refractivity contribution in [2.45, 2.75) is 20.3 Å². The number of urea groups is 1. The fourth-order valence-corrected chi connectivity index (χ4v) is 1.37. The van der Waals surface area contributed by atoms with Crippen LogP contribution in [-0.2, 0) is 4.79 Å². The molecule has 1 aromatic carbocycles. The summed E-state index contributed by atoms with van der Waals surface area (Å²) in [4.78, 5) is 22.0. The normalized spacial score (nSPS) is 10.9. The van der Waals surface area contributed by atoms with Gasteiger partial charge in [-0.2, -0.15) is 0 Å². The van der Waals surface area contributed by atoms with Crippen LogP contribution in [0.1, 0.15) is 18.9 Å². The van der Waals surface area contributed by atoms with E-state index in [1.54, 1.807) is 6.08 Å². The molecule has 0 saturated heterocycles. The molecule has 0 atom stereocenters. The summed E-state index contributed by atoms with van der Waals surface area (Å²) >= 11 is 0. The van der Waals surface area contributed by atoms with Crippen LogP contribution in [0, 0.1) is 6.92 Å². The van der Waals surface area contributed by atoms with Gasteiger partial charge in [0.25, 0.3) is 0 Å². The Morgan fingerprint density at radius 1 is 1.26 bits per heavy atom. The molecule has 0 heterocycles. The third-order valence-corrected chi connectivity index (χ3v) is 2.53. The van der Waals surface area contributed by atoms with E-state index in [2.05, 4.69) is 10.6 Å². The standard InChI is InChI=1S/C14H18N2O3/c1-10-5-7-12(8-6-10)16-14(19)15-9-3-4-11(2)13(17)18/h4-8H,3,9H2,1-2H3,(H,17,18)(H2,15,16,19). The zero-order chi connectivity index (χ0) is 14.3. The van der Waals surface area contributed by atoms with E-state index < -0.39 is 5.97 Å². The number of aliphatic carboxylic acids is 1. The van der Waals surface area contributed by atoms with Crippen LogP contribution >= 0.6 is 0 Å². The zero-order valence-electron chi connectivity index (χ0n) is 11.1. The maximum atomic E-state index is 11.5. The summed E-state index contributed by atoms with van der Waals surface area (Å²) in [6.45, 7) is 3.89. The van der Waals surface area contributed by atoms with Gasteiger partial charge >= 0.3 is 12.0 Å². The first kappa shape index (κ1) is 14.8. The van der Waals surface area contributed by atoms with E-state index >= 15 is 0 Å². The SMILES string of the molecule is CC(=CCCNC(=O)Nc1ccc(C)cc1)C(=O)O. The number of anilines is 1. The molecular weight excluding hydrogens is 244 g/mol. The Kier molecular flexibility index (Phi) is 5.60. The Hall–Kier alpha value is -2.30. The van der Waals surface area contributed by atoms with Crippen molar-refractivity contribution in [2.75, 3.05) is 11.9 Å². The second kappa shape index (κ2) is 7.20. The van der Waals surface area contributed by atoms with E-state index in [1.165, 1.54) is 6.92 Å². The number of amides is 2. The maximum Gasteiger partial charge on any atom is 0.330 e. The summed E-state index contributed by atoms with van der Waals surface area (Å²) in [7, 11) is 0. The highest BCUT2D eigenvalue weighted by Crippen LogP contribution is 2.07. The third-order valence-electron chi connectivity index (χ3n) is 2.53. The van der Waals surface area contributed by atoms with Gasteiger partial charge in [-0.3, -0.25) is 0 Å². The molecule has 0 saturated carbocycles. The Labute approximate surface area is 112 Å². The molecule has 2 amide bonds. The molecule has 0 fully saturated rings. The monoisotopic (exact) mass is 262 g/mol. The molecule has 102 valence electrons. The first-order valence-corrected chi connectivity index (χ1v) is 6.00. The molecule has 5 nitrogen and oxygen atoms in total. The second-order valence-corrected chi connectivity index (χ2v) is 4.23. The predicted molar refractivity (Wildman–Crippen MR) is 74.2 cm³/mol. The Morgan fingerprint density at radius 2 is 1.89 bits per heavy atom. The molecule has 5 heteroatoms. The molecule has 1 aromatic rings. The molecule has 1 rings (SSSR count). The largest absolute Gasteiger partial charge is 0.478 e. The summed E-state index contributed by atoms with van der Waals surface area (Å²) in [5.74, 6) is -0.941. The number of carbonyl (C=O) groups excluding carboxylic acids is 1. The second-order valence-electron chi connectivity index (χ2n) is 4.23. The van der Waals surface area contributed by atoms with Crippen molar-refractivity contribution in [2.24, 2.45) is 0 Å². The number of carboxylic acid groups (broad SMARTS) is 1. The number of carboxylic acids is 1. The average Bonchev–Trinajstić information content (AvgIpc) is 2.37. The highest BCUT2D eigenvalue weighted by molar-refractivity contribution is 5.89. The van der Waals surface area contributed by atoms with Gasteiger partial charge in [0, 0.05) is 17.8 Å². The van der Waals surface area contributed by atoms with Gasteiger partial charge in [0.15, 0.2) is 0 Å². The van der Waals surface area contributed by atoms with Gasteiger partial charge in [-0.15, -0.1) is 0 Å². The fraction of sp³-hybridized carbons (Fsp3) is 0.286. The van der Waals surface area contributed by atoms with Crippen molar-refractivity contribution in [3.63, 3.8) is 0 Å². The third kappa shape index (κ3) is 5.72. The number of nitrogens with one attached hydrogen (secondary N) is 2. The molecule has 0 aliphatic carbocycles. The van der Waals surface area contributed by atoms with Crippen LogP contribution in [0.4, 0.5) is 10.5 Å². The maximum absolute atomic E-state index is 11.5.